The fraction of sp³-hybridized carbons (Fsp3) is 0.208. The van der Waals surface area contributed by atoms with Crippen molar-refractivity contribution in [2.75, 3.05) is 4.90 Å². The highest BCUT2D eigenvalue weighted by Crippen LogP contribution is 2.35. The van der Waals surface area contributed by atoms with Gasteiger partial charge in [0.2, 0.25) is 0 Å². The fourth-order valence-corrected chi connectivity index (χ4v) is 4.85. The number of nitrogens with zero attached hydrogens (tertiary/aromatic N) is 3. The summed E-state index contributed by atoms with van der Waals surface area (Å²) in [5.41, 5.74) is 1.37. The molecule has 2 aromatic carbocycles. The van der Waals surface area contributed by atoms with Crippen molar-refractivity contribution >= 4 is 55.8 Å². The molecule has 0 fully saturated rings. The molecule has 2 aromatic heterocycles. The molecule has 0 bridgehead atoms. The number of hydrogen-bond donors (Lipinski definition) is 0. The first-order valence-electron chi connectivity index (χ1n) is 9.96. The van der Waals surface area contributed by atoms with Gasteiger partial charge in [0.1, 0.15) is 5.75 Å². The van der Waals surface area contributed by atoms with Crippen LogP contribution in [0.4, 0.5) is 5.13 Å². The Bertz CT molecular complexity index is 1260. The highest BCUT2D eigenvalue weighted by molar-refractivity contribution is 7.22. The lowest BCUT2D eigenvalue weighted by Gasteiger charge is -2.31. The van der Waals surface area contributed by atoms with E-state index in [2.05, 4.69) is 4.98 Å². The van der Waals surface area contributed by atoms with Gasteiger partial charge in [0.15, 0.2) is 10.7 Å². The highest BCUT2D eigenvalue weighted by Gasteiger charge is 2.36. The van der Waals surface area contributed by atoms with Gasteiger partial charge < -0.3 is 4.74 Å². The summed E-state index contributed by atoms with van der Waals surface area (Å²) in [5, 5.41) is 1.80. The Morgan fingerprint density at radius 1 is 1.09 bits per heavy atom. The van der Waals surface area contributed by atoms with Gasteiger partial charge in [-0.05, 0) is 74.9 Å². The molecule has 0 aliphatic carbocycles. The Balaban J connectivity index is 1.72. The zero-order chi connectivity index (χ0) is 22.9. The molecular weight excluding hydrogens is 465 g/mol. The summed E-state index contributed by atoms with van der Waals surface area (Å²) in [6, 6.07) is 16.3. The Kier molecular flexibility index (Phi) is 6.38. The highest BCUT2D eigenvalue weighted by atomic mass is 35.5. The lowest BCUT2D eigenvalue weighted by Crippen LogP contribution is -2.49. The minimum atomic E-state index is -1.16. The second-order valence-electron chi connectivity index (χ2n) is 7.84. The molecule has 164 valence electrons. The number of fused-ring (bicyclic) bond motifs is 1. The van der Waals surface area contributed by atoms with Crippen molar-refractivity contribution in [3.63, 3.8) is 0 Å². The van der Waals surface area contributed by atoms with E-state index >= 15 is 0 Å². The summed E-state index contributed by atoms with van der Waals surface area (Å²) >= 11 is 13.6. The molecule has 8 heteroatoms. The van der Waals surface area contributed by atoms with Crippen LogP contribution >= 0.6 is 34.5 Å². The van der Waals surface area contributed by atoms with Crippen LogP contribution in [0.15, 0.2) is 60.8 Å². The van der Waals surface area contributed by atoms with Crippen LogP contribution in [0.25, 0.3) is 10.2 Å². The number of thiazole rings is 1. The molecule has 0 atom stereocenters. The van der Waals surface area contributed by atoms with E-state index in [1.54, 1.807) is 49.2 Å². The van der Waals surface area contributed by atoms with Crippen LogP contribution < -0.4 is 9.64 Å². The molecule has 0 N–H and O–H groups in total. The lowest BCUT2D eigenvalue weighted by molar-refractivity contribution is -0.131. The van der Waals surface area contributed by atoms with Crippen molar-refractivity contribution in [1.29, 1.82) is 0 Å². The third kappa shape index (κ3) is 4.88. The molecule has 4 aromatic rings. The predicted molar refractivity (Wildman–Crippen MR) is 131 cm³/mol. The normalized spacial score (nSPS) is 11.5. The van der Waals surface area contributed by atoms with Crippen molar-refractivity contribution < 1.29 is 9.53 Å². The van der Waals surface area contributed by atoms with Gasteiger partial charge in [0, 0.05) is 16.2 Å². The SMILES string of the molecule is Cc1cc(Cl)cc2sc(N(Cc3ccccn3)C(=O)C(C)(C)Oc3ccc(Cl)cc3)nc12. The molecule has 5 nitrogen and oxygen atoms in total. The van der Waals surface area contributed by atoms with Gasteiger partial charge in [0.25, 0.3) is 5.91 Å². The van der Waals surface area contributed by atoms with E-state index in [0.717, 1.165) is 21.5 Å². The number of hydrogen-bond acceptors (Lipinski definition) is 5. The number of aryl methyl sites for hydroxylation is 1. The predicted octanol–water partition coefficient (Wildman–Crippen LogP) is 6.70. The van der Waals surface area contributed by atoms with Crippen LogP contribution in [-0.2, 0) is 11.3 Å². The van der Waals surface area contributed by atoms with Gasteiger partial charge in [0.05, 0.1) is 22.5 Å². The number of pyridine rings is 1. The summed E-state index contributed by atoms with van der Waals surface area (Å²) in [6.45, 7) is 5.70. The Morgan fingerprint density at radius 3 is 2.53 bits per heavy atom. The number of aromatic nitrogens is 2. The number of ether oxygens (including phenoxy) is 1. The summed E-state index contributed by atoms with van der Waals surface area (Å²) in [4.78, 5) is 24.5. The Hall–Kier alpha value is -2.67. The minimum Gasteiger partial charge on any atom is -0.478 e. The van der Waals surface area contributed by atoms with E-state index < -0.39 is 5.60 Å². The first-order valence-corrected chi connectivity index (χ1v) is 11.5. The molecule has 0 aliphatic rings. The number of carbonyl (C=O) groups is 1. The van der Waals surface area contributed by atoms with E-state index in [0.29, 0.717) is 20.9 Å². The molecule has 0 radical (unpaired) electrons. The van der Waals surface area contributed by atoms with Crippen LogP contribution in [0, 0.1) is 6.92 Å². The quantitative estimate of drug-likeness (QED) is 0.305. The third-order valence-electron chi connectivity index (χ3n) is 4.86. The topological polar surface area (TPSA) is 55.3 Å². The van der Waals surface area contributed by atoms with E-state index in [4.69, 9.17) is 32.9 Å². The van der Waals surface area contributed by atoms with Gasteiger partial charge >= 0.3 is 0 Å². The molecule has 32 heavy (non-hydrogen) atoms. The molecular formula is C24H21Cl2N3O2S. The van der Waals surface area contributed by atoms with Crippen LogP contribution in [0.1, 0.15) is 25.1 Å². The van der Waals surface area contributed by atoms with E-state index in [-0.39, 0.29) is 12.5 Å². The fourth-order valence-electron chi connectivity index (χ4n) is 3.30. The van der Waals surface area contributed by atoms with Gasteiger partial charge in [-0.3, -0.25) is 14.7 Å². The average molecular weight is 486 g/mol. The second-order valence-corrected chi connectivity index (χ2v) is 9.73. The molecule has 0 saturated carbocycles. The second kappa shape index (κ2) is 9.06. The van der Waals surface area contributed by atoms with Crippen molar-refractivity contribution in [2.24, 2.45) is 0 Å². The standard InChI is InChI=1S/C24H21Cl2N3O2S/c1-15-12-17(26)13-20-21(15)28-23(32-20)29(14-18-6-4-5-11-27-18)22(30)24(2,3)31-19-9-7-16(25)8-10-19/h4-13H,14H2,1-3H3. The monoisotopic (exact) mass is 485 g/mol. The zero-order valence-corrected chi connectivity index (χ0v) is 20.1. The van der Waals surface area contributed by atoms with Crippen LogP contribution in [-0.4, -0.2) is 21.5 Å². The van der Waals surface area contributed by atoms with Gasteiger partial charge in [-0.2, -0.15) is 0 Å². The molecule has 4 rings (SSSR count). The first-order chi connectivity index (χ1) is 15.2. The number of rotatable bonds is 6. The van der Waals surface area contributed by atoms with Gasteiger partial charge in [-0.25, -0.2) is 4.98 Å². The van der Waals surface area contributed by atoms with E-state index in [9.17, 15) is 4.79 Å². The molecule has 0 unspecified atom stereocenters. The van der Waals surface area contributed by atoms with Crippen LogP contribution in [0.3, 0.4) is 0 Å². The smallest absolute Gasteiger partial charge is 0.272 e. The summed E-state index contributed by atoms with van der Waals surface area (Å²) in [5.74, 6) is 0.318. The number of benzene rings is 2. The maximum atomic E-state index is 13.8. The van der Waals surface area contributed by atoms with Crippen molar-refractivity contribution in [3.8, 4) is 5.75 Å². The van der Waals surface area contributed by atoms with Crippen LogP contribution in [0.5, 0.6) is 5.75 Å². The summed E-state index contributed by atoms with van der Waals surface area (Å²) < 4.78 is 6.98. The average Bonchev–Trinajstić information content (AvgIpc) is 3.18. The van der Waals surface area contributed by atoms with Gasteiger partial charge in [-0.1, -0.05) is 40.6 Å². The minimum absolute atomic E-state index is 0.235. The maximum Gasteiger partial charge on any atom is 0.272 e. The summed E-state index contributed by atoms with van der Waals surface area (Å²) in [7, 11) is 0. The van der Waals surface area contributed by atoms with E-state index in [1.165, 1.54) is 11.3 Å². The van der Waals surface area contributed by atoms with Gasteiger partial charge in [-0.15, -0.1) is 0 Å². The van der Waals surface area contributed by atoms with Crippen LogP contribution in [0.2, 0.25) is 10.0 Å². The van der Waals surface area contributed by atoms with Crippen molar-refractivity contribution in [2.45, 2.75) is 32.9 Å². The number of anilines is 1. The third-order valence-corrected chi connectivity index (χ3v) is 6.36. The molecule has 0 spiro atoms. The molecule has 0 aliphatic heterocycles. The number of amides is 1. The summed E-state index contributed by atoms with van der Waals surface area (Å²) in [6.07, 6.45) is 1.70. The number of carbonyl (C=O) groups excluding carboxylic acids is 1. The lowest BCUT2D eigenvalue weighted by atomic mass is 10.1. The Labute approximate surface area is 200 Å². The Morgan fingerprint density at radius 2 is 1.84 bits per heavy atom. The maximum absolute atomic E-state index is 13.8. The molecule has 2 heterocycles. The zero-order valence-electron chi connectivity index (χ0n) is 17.8. The van der Waals surface area contributed by atoms with E-state index in [1.807, 2.05) is 37.3 Å². The van der Waals surface area contributed by atoms with Crippen molar-refractivity contribution in [3.05, 3.63) is 82.1 Å². The largest absolute Gasteiger partial charge is 0.478 e. The first kappa shape index (κ1) is 22.5. The molecule has 1 amide bonds. The van der Waals surface area contributed by atoms with Crippen molar-refractivity contribution in [1.82, 2.24) is 9.97 Å². The molecule has 0 saturated heterocycles. The number of halogens is 2.